The lowest BCUT2D eigenvalue weighted by Gasteiger charge is -2.24. The highest BCUT2D eigenvalue weighted by Crippen LogP contribution is 2.16. The van der Waals surface area contributed by atoms with E-state index in [4.69, 9.17) is 0 Å². The van der Waals surface area contributed by atoms with Gasteiger partial charge in [0.15, 0.2) is 5.43 Å². The molecule has 3 nitrogen and oxygen atoms in total. The summed E-state index contributed by atoms with van der Waals surface area (Å²) in [5, 5.41) is 3.45. The molecule has 0 aliphatic carbocycles. The molecular weight excluding hydrogens is 212 g/mol. The Bertz CT molecular complexity index is 404. The first-order valence-electron chi connectivity index (χ1n) is 6.55. The molecule has 0 saturated carbocycles. The van der Waals surface area contributed by atoms with Crippen molar-refractivity contribution in [3.05, 3.63) is 33.7 Å². The average Bonchev–Trinajstić information content (AvgIpc) is 2.29. The van der Waals surface area contributed by atoms with E-state index in [2.05, 4.69) is 9.88 Å². The van der Waals surface area contributed by atoms with Crippen LogP contribution in [0, 0.1) is 19.8 Å². The fourth-order valence-corrected chi connectivity index (χ4v) is 2.72. The van der Waals surface area contributed by atoms with Crippen LogP contribution in [0.3, 0.4) is 0 Å². The molecule has 1 aliphatic heterocycles. The van der Waals surface area contributed by atoms with Crippen LogP contribution >= 0.6 is 0 Å². The number of nitrogens with zero attached hydrogens (tertiary/aromatic N) is 1. The fraction of sp³-hybridized carbons (Fsp3) is 0.643. The van der Waals surface area contributed by atoms with Gasteiger partial charge in [0.1, 0.15) is 0 Å². The van der Waals surface area contributed by atoms with E-state index in [0.717, 1.165) is 30.4 Å². The number of nitrogens with one attached hydrogen (secondary N) is 1. The van der Waals surface area contributed by atoms with Crippen molar-refractivity contribution in [2.45, 2.75) is 39.7 Å². The van der Waals surface area contributed by atoms with E-state index in [9.17, 15) is 4.79 Å². The van der Waals surface area contributed by atoms with Crippen molar-refractivity contribution in [1.29, 1.82) is 0 Å². The van der Waals surface area contributed by atoms with Crippen molar-refractivity contribution < 1.29 is 0 Å². The number of piperidine rings is 1. The number of aryl methyl sites for hydroxylation is 2. The largest absolute Gasteiger partial charge is 0.349 e. The third-order valence-electron chi connectivity index (χ3n) is 3.71. The predicted molar refractivity (Wildman–Crippen MR) is 70.4 cm³/mol. The molecule has 2 heterocycles. The summed E-state index contributed by atoms with van der Waals surface area (Å²) < 4.78 is 2.26. The van der Waals surface area contributed by atoms with Crippen molar-refractivity contribution in [3.8, 4) is 0 Å². The van der Waals surface area contributed by atoms with Crippen molar-refractivity contribution in [1.82, 2.24) is 9.88 Å². The standard InChI is InChI=1S/C14H22N2O/c1-11-8-14(17)9-12(2)16(11)7-5-13-4-3-6-15-10-13/h8-9,13,15H,3-7,10H2,1-2H3. The predicted octanol–water partition coefficient (Wildman–Crippen LogP) is 1.85. The monoisotopic (exact) mass is 234 g/mol. The van der Waals surface area contributed by atoms with Gasteiger partial charge in [-0.1, -0.05) is 0 Å². The van der Waals surface area contributed by atoms with Crippen LogP contribution in [0.4, 0.5) is 0 Å². The SMILES string of the molecule is Cc1cc(=O)cc(C)n1CCC1CCCNC1. The van der Waals surface area contributed by atoms with Gasteiger partial charge >= 0.3 is 0 Å². The van der Waals surface area contributed by atoms with Gasteiger partial charge in [-0.15, -0.1) is 0 Å². The third kappa shape index (κ3) is 3.19. The van der Waals surface area contributed by atoms with Crippen LogP contribution in [-0.4, -0.2) is 17.7 Å². The van der Waals surface area contributed by atoms with Gasteiger partial charge in [0, 0.05) is 30.1 Å². The molecule has 1 fully saturated rings. The summed E-state index contributed by atoms with van der Waals surface area (Å²) in [4.78, 5) is 11.3. The minimum Gasteiger partial charge on any atom is -0.349 e. The van der Waals surface area contributed by atoms with Crippen LogP contribution in [0.25, 0.3) is 0 Å². The highest BCUT2D eigenvalue weighted by Gasteiger charge is 2.13. The summed E-state index contributed by atoms with van der Waals surface area (Å²) in [6, 6.07) is 3.46. The number of hydrogen-bond acceptors (Lipinski definition) is 2. The molecular formula is C14H22N2O. The summed E-state index contributed by atoms with van der Waals surface area (Å²) in [6.07, 6.45) is 3.84. The third-order valence-corrected chi connectivity index (χ3v) is 3.71. The first-order chi connectivity index (χ1) is 8.16. The topological polar surface area (TPSA) is 34.0 Å². The zero-order chi connectivity index (χ0) is 12.3. The lowest BCUT2D eigenvalue weighted by atomic mass is 9.96. The van der Waals surface area contributed by atoms with Gasteiger partial charge < -0.3 is 9.88 Å². The Morgan fingerprint density at radius 2 is 2.06 bits per heavy atom. The fourth-order valence-electron chi connectivity index (χ4n) is 2.72. The zero-order valence-corrected chi connectivity index (χ0v) is 10.8. The number of aromatic nitrogens is 1. The smallest absolute Gasteiger partial charge is 0.182 e. The Kier molecular flexibility index (Phi) is 4.00. The molecule has 0 aromatic carbocycles. The number of rotatable bonds is 3. The second-order valence-electron chi connectivity index (χ2n) is 5.13. The molecule has 0 bridgehead atoms. The Morgan fingerprint density at radius 1 is 1.35 bits per heavy atom. The van der Waals surface area contributed by atoms with Crippen molar-refractivity contribution in [2.75, 3.05) is 13.1 Å². The lowest BCUT2D eigenvalue weighted by molar-refractivity contribution is 0.339. The lowest BCUT2D eigenvalue weighted by Crippen LogP contribution is -2.30. The van der Waals surface area contributed by atoms with E-state index in [1.54, 1.807) is 12.1 Å². The van der Waals surface area contributed by atoms with Crippen LogP contribution in [0.5, 0.6) is 0 Å². The van der Waals surface area contributed by atoms with Gasteiger partial charge in [0.2, 0.25) is 0 Å². The van der Waals surface area contributed by atoms with Crippen molar-refractivity contribution >= 4 is 0 Å². The summed E-state index contributed by atoms with van der Waals surface area (Å²) in [5.41, 5.74) is 2.29. The van der Waals surface area contributed by atoms with E-state index < -0.39 is 0 Å². The molecule has 0 amide bonds. The van der Waals surface area contributed by atoms with E-state index in [0.29, 0.717) is 0 Å². The van der Waals surface area contributed by atoms with Gasteiger partial charge in [-0.25, -0.2) is 0 Å². The molecule has 1 aliphatic rings. The van der Waals surface area contributed by atoms with Gasteiger partial charge in [-0.3, -0.25) is 4.79 Å². The zero-order valence-electron chi connectivity index (χ0n) is 10.8. The van der Waals surface area contributed by atoms with E-state index in [1.165, 1.54) is 25.8 Å². The molecule has 1 saturated heterocycles. The minimum absolute atomic E-state index is 0.121. The molecule has 1 aromatic rings. The summed E-state index contributed by atoms with van der Waals surface area (Å²) in [7, 11) is 0. The number of pyridine rings is 1. The molecule has 0 radical (unpaired) electrons. The molecule has 94 valence electrons. The first-order valence-corrected chi connectivity index (χ1v) is 6.55. The number of hydrogen-bond donors (Lipinski definition) is 1. The summed E-state index contributed by atoms with van der Waals surface area (Å²) >= 11 is 0. The van der Waals surface area contributed by atoms with Crippen molar-refractivity contribution in [3.63, 3.8) is 0 Å². The molecule has 1 atom stereocenters. The Hall–Kier alpha value is -1.09. The quantitative estimate of drug-likeness (QED) is 0.866. The summed E-state index contributed by atoms with van der Waals surface area (Å²) in [5.74, 6) is 0.793. The van der Waals surface area contributed by atoms with Crippen LogP contribution < -0.4 is 10.7 Å². The normalized spacial score (nSPS) is 20.5. The average molecular weight is 234 g/mol. The van der Waals surface area contributed by atoms with Crippen LogP contribution in [0.1, 0.15) is 30.7 Å². The van der Waals surface area contributed by atoms with Gasteiger partial charge in [0.25, 0.3) is 0 Å². The van der Waals surface area contributed by atoms with Gasteiger partial charge in [-0.05, 0) is 52.1 Å². The van der Waals surface area contributed by atoms with Crippen LogP contribution in [-0.2, 0) is 6.54 Å². The van der Waals surface area contributed by atoms with Gasteiger partial charge in [0.05, 0.1) is 0 Å². The Labute approximate surface area is 103 Å². The molecule has 1 unspecified atom stereocenters. The van der Waals surface area contributed by atoms with Gasteiger partial charge in [-0.2, -0.15) is 0 Å². The maximum absolute atomic E-state index is 11.3. The Balaban J connectivity index is 2.00. The molecule has 0 spiro atoms. The second kappa shape index (κ2) is 5.50. The maximum atomic E-state index is 11.3. The Morgan fingerprint density at radius 3 is 2.65 bits per heavy atom. The molecule has 1 N–H and O–H groups in total. The van der Waals surface area contributed by atoms with Crippen LogP contribution in [0.2, 0.25) is 0 Å². The summed E-state index contributed by atoms with van der Waals surface area (Å²) in [6.45, 7) is 7.40. The van der Waals surface area contributed by atoms with Crippen LogP contribution in [0.15, 0.2) is 16.9 Å². The minimum atomic E-state index is 0.121. The first kappa shape index (κ1) is 12.4. The molecule has 1 aromatic heterocycles. The molecule has 17 heavy (non-hydrogen) atoms. The van der Waals surface area contributed by atoms with E-state index in [-0.39, 0.29) is 5.43 Å². The maximum Gasteiger partial charge on any atom is 0.182 e. The molecule has 2 rings (SSSR count). The van der Waals surface area contributed by atoms with Crippen molar-refractivity contribution in [2.24, 2.45) is 5.92 Å². The van der Waals surface area contributed by atoms with E-state index in [1.807, 2.05) is 13.8 Å². The highest BCUT2D eigenvalue weighted by molar-refractivity contribution is 5.12. The molecule has 3 heteroatoms. The highest BCUT2D eigenvalue weighted by atomic mass is 16.1. The second-order valence-corrected chi connectivity index (χ2v) is 5.13. The van der Waals surface area contributed by atoms with E-state index >= 15 is 0 Å².